The molecule has 6 nitrogen and oxygen atoms in total. The summed E-state index contributed by atoms with van der Waals surface area (Å²) in [6, 6.07) is 5.63. The van der Waals surface area contributed by atoms with Crippen molar-refractivity contribution in [3.63, 3.8) is 0 Å². The van der Waals surface area contributed by atoms with E-state index in [4.69, 9.17) is 5.73 Å². The van der Waals surface area contributed by atoms with E-state index in [1.807, 2.05) is 19.1 Å². The highest BCUT2D eigenvalue weighted by Crippen LogP contribution is 2.39. The number of rotatable bonds is 4. The lowest BCUT2D eigenvalue weighted by Crippen LogP contribution is -2.53. The molecule has 2 fully saturated rings. The Morgan fingerprint density at radius 1 is 1.29 bits per heavy atom. The van der Waals surface area contributed by atoms with Crippen LogP contribution in [0.4, 0.5) is 5.13 Å². The van der Waals surface area contributed by atoms with E-state index in [0.29, 0.717) is 24.6 Å². The van der Waals surface area contributed by atoms with E-state index < -0.39 is 11.5 Å². The molecule has 1 aromatic carbocycles. The summed E-state index contributed by atoms with van der Waals surface area (Å²) in [5.74, 6) is -0.0584. The summed E-state index contributed by atoms with van der Waals surface area (Å²) in [5, 5.41) is 3.55. The van der Waals surface area contributed by atoms with E-state index >= 15 is 0 Å². The van der Waals surface area contributed by atoms with Gasteiger partial charge >= 0.3 is 0 Å². The monoisotopic (exact) mass is 400 g/mol. The highest BCUT2D eigenvalue weighted by atomic mass is 32.1. The standard InChI is InChI=1S/C21H28N4O2S/c1-14-7-8-15-17(12-14)28-20(23-15)24-18(26)16-6-5-11-25(16)19(27)21(13-22)9-3-2-4-10-21/h7-8,12,16H,2-6,9-11,13,22H2,1H3,(H,23,24,26)/t16-/m1/s1. The molecule has 2 heterocycles. The van der Waals surface area contributed by atoms with E-state index in [1.165, 1.54) is 16.9 Å². The molecule has 1 atom stereocenters. The van der Waals surface area contributed by atoms with E-state index in [2.05, 4.69) is 16.4 Å². The summed E-state index contributed by atoms with van der Waals surface area (Å²) >= 11 is 1.47. The van der Waals surface area contributed by atoms with Gasteiger partial charge in [-0.2, -0.15) is 0 Å². The Balaban J connectivity index is 1.50. The predicted octanol–water partition coefficient (Wildman–Crippen LogP) is 3.44. The van der Waals surface area contributed by atoms with Gasteiger partial charge in [-0.15, -0.1) is 0 Å². The van der Waals surface area contributed by atoms with Crippen molar-refractivity contribution in [3.05, 3.63) is 23.8 Å². The van der Waals surface area contributed by atoms with Crippen LogP contribution in [0, 0.1) is 12.3 Å². The zero-order valence-electron chi connectivity index (χ0n) is 16.4. The summed E-state index contributed by atoms with van der Waals surface area (Å²) in [4.78, 5) is 32.6. The number of aromatic nitrogens is 1. The number of aryl methyl sites for hydroxylation is 1. The lowest BCUT2D eigenvalue weighted by atomic mass is 9.73. The molecule has 0 bridgehead atoms. The maximum Gasteiger partial charge on any atom is 0.248 e. The molecule has 3 N–H and O–H groups in total. The molecule has 7 heteroatoms. The highest BCUT2D eigenvalue weighted by Gasteiger charge is 2.45. The van der Waals surface area contributed by atoms with Gasteiger partial charge in [0, 0.05) is 13.1 Å². The second-order valence-electron chi connectivity index (χ2n) is 8.18. The van der Waals surface area contributed by atoms with Crippen molar-refractivity contribution in [1.29, 1.82) is 0 Å². The average molecular weight is 401 g/mol. The third-order valence-corrected chi connectivity index (χ3v) is 7.18. The van der Waals surface area contributed by atoms with Crippen LogP contribution in [0.1, 0.15) is 50.5 Å². The molecule has 0 unspecified atom stereocenters. The third kappa shape index (κ3) is 3.53. The van der Waals surface area contributed by atoms with Gasteiger partial charge in [-0.05, 0) is 50.3 Å². The fraction of sp³-hybridized carbons (Fsp3) is 0.571. The minimum absolute atomic E-state index is 0.0762. The Morgan fingerprint density at radius 2 is 2.07 bits per heavy atom. The number of thiazole rings is 1. The van der Waals surface area contributed by atoms with Crippen molar-refractivity contribution in [3.8, 4) is 0 Å². The summed E-state index contributed by atoms with van der Waals surface area (Å²) in [6.07, 6.45) is 6.47. The number of fused-ring (bicyclic) bond motifs is 1. The zero-order valence-corrected chi connectivity index (χ0v) is 17.2. The number of benzene rings is 1. The molecule has 1 aromatic heterocycles. The van der Waals surface area contributed by atoms with Crippen molar-refractivity contribution >= 4 is 38.5 Å². The first kappa shape index (κ1) is 19.3. The molecule has 2 amide bonds. The Labute approximate surface area is 169 Å². The summed E-state index contributed by atoms with van der Waals surface area (Å²) in [6.45, 7) is 3.05. The van der Waals surface area contributed by atoms with Crippen LogP contribution in [0.3, 0.4) is 0 Å². The maximum absolute atomic E-state index is 13.4. The van der Waals surface area contributed by atoms with Gasteiger partial charge in [0.1, 0.15) is 6.04 Å². The molecule has 4 rings (SSSR count). The molecule has 2 aromatic rings. The van der Waals surface area contributed by atoms with Crippen LogP contribution in [-0.4, -0.2) is 40.8 Å². The van der Waals surface area contributed by atoms with Crippen LogP contribution >= 0.6 is 11.3 Å². The molecule has 2 aliphatic rings. The zero-order chi connectivity index (χ0) is 19.7. The predicted molar refractivity (Wildman–Crippen MR) is 112 cm³/mol. The fourth-order valence-electron chi connectivity index (χ4n) is 4.59. The number of carbonyl (C=O) groups excluding carboxylic acids is 2. The Kier molecular flexibility index (Phi) is 5.38. The first-order valence-electron chi connectivity index (χ1n) is 10.2. The molecule has 28 heavy (non-hydrogen) atoms. The van der Waals surface area contributed by atoms with Crippen molar-refractivity contribution in [1.82, 2.24) is 9.88 Å². The summed E-state index contributed by atoms with van der Waals surface area (Å²) in [7, 11) is 0. The van der Waals surface area contributed by atoms with Gasteiger partial charge in [0.05, 0.1) is 15.6 Å². The topological polar surface area (TPSA) is 88.3 Å². The van der Waals surface area contributed by atoms with E-state index in [9.17, 15) is 9.59 Å². The Morgan fingerprint density at radius 3 is 2.82 bits per heavy atom. The van der Waals surface area contributed by atoms with Crippen LogP contribution in [-0.2, 0) is 9.59 Å². The Hall–Kier alpha value is -1.99. The van der Waals surface area contributed by atoms with Gasteiger partial charge in [-0.3, -0.25) is 9.59 Å². The van der Waals surface area contributed by atoms with Gasteiger partial charge in [0.15, 0.2) is 5.13 Å². The van der Waals surface area contributed by atoms with Crippen molar-refractivity contribution in [2.45, 2.75) is 57.9 Å². The molecule has 1 saturated carbocycles. The Bertz CT molecular complexity index is 888. The number of nitrogens with zero attached hydrogens (tertiary/aromatic N) is 2. The first-order chi connectivity index (χ1) is 13.5. The van der Waals surface area contributed by atoms with Crippen molar-refractivity contribution in [2.24, 2.45) is 11.1 Å². The second kappa shape index (κ2) is 7.79. The normalized spacial score (nSPS) is 21.8. The number of amides is 2. The lowest BCUT2D eigenvalue weighted by molar-refractivity contribution is -0.147. The third-order valence-electron chi connectivity index (χ3n) is 6.25. The first-order valence-corrected chi connectivity index (χ1v) is 11.0. The van der Waals surface area contributed by atoms with Gasteiger partial charge in [0.25, 0.3) is 0 Å². The number of nitrogens with two attached hydrogens (primary N) is 1. The van der Waals surface area contributed by atoms with E-state index in [-0.39, 0.29) is 11.8 Å². The minimum atomic E-state index is -0.478. The minimum Gasteiger partial charge on any atom is -0.330 e. The van der Waals surface area contributed by atoms with Gasteiger partial charge < -0.3 is 16.0 Å². The molecule has 150 valence electrons. The van der Waals surface area contributed by atoms with Crippen molar-refractivity contribution in [2.75, 3.05) is 18.4 Å². The number of anilines is 1. The maximum atomic E-state index is 13.4. The van der Waals surface area contributed by atoms with Gasteiger partial charge in [-0.1, -0.05) is 36.7 Å². The van der Waals surface area contributed by atoms with E-state index in [1.54, 1.807) is 4.90 Å². The van der Waals surface area contributed by atoms with Gasteiger partial charge in [-0.25, -0.2) is 4.98 Å². The van der Waals surface area contributed by atoms with Gasteiger partial charge in [0.2, 0.25) is 11.8 Å². The van der Waals surface area contributed by atoms with Crippen LogP contribution in [0.15, 0.2) is 18.2 Å². The quantitative estimate of drug-likeness (QED) is 0.823. The molecule has 0 spiro atoms. The molecular weight excluding hydrogens is 372 g/mol. The summed E-state index contributed by atoms with van der Waals surface area (Å²) in [5.41, 5.74) is 7.62. The number of hydrogen-bond acceptors (Lipinski definition) is 5. The summed E-state index contributed by atoms with van der Waals surface area (Å²) < 4.78 is 1.05. The average Bonchev–Trinajstić information content (AvgIpc) is 3.34. The molecule has 1 saturated heterocycles. The number of likely N-dealkylation sites (tertiary alicyclic amines) is 1. The van der Waals surface area contributed by atoms with Crippen LogP contribution < -0.4 is 11.1 Å². The molecule has 0 radical (unpaired) electrons. The van der Waals surface area contributed by atoms with Crippen LogP contribution in [0.5, 0.6) is 0 Å². The second-order valence-corrected chi connectivity index (χ2v) is 9.21. The number of carbonyl (C=O) groups is 2. The lowest BCUT2D eigenvalue weighted by Gasteiger charge is -2.39. The van der Waals surface area contributed by atoms with E-state index in [0.717, 1.165) is 48.7 Å². The molecule has 1 aliphatic carbocycles. The van der Waals surface area contributed by atoms with Crippen LogP contribution in [0.25, 0.3) is 10.2 Å². The SMILES string of the molecule is Cc1ccc2nc(NC(=O)[C@H]3CCCN3C(=O)C3(CN)CCCCC3)sc2c1. The fourth-order valence-corrected chi connectivity index (χ4v) is 5.56. The molecule has 1 aliphatic heterocycles. The van der Waals surface area contributed by atoms with Crippen LogP contribution in [0.2, 0.25) is 0 Å². The van der Waals surface area contributed by atoms with Crippen molar-refractivity contribution < 1.29 is 9.59 Å². The highest BCUT2D eigenvalue weighted by molar-refractivity contribution is 7.22. The number of hydrogen-bond donors (Lipinski definition) is 2. The smallest absolute Gasteiger partial charge is 0.248 e. The largest absolute Gasteiger partial charge is 0.330 e. The molecular formula is C21H28N4O2S. The number of nitrogens with one attached hydrogen (secondary N) is 1.